The van der Waals surface area contributed by atoms with Crippen LogP contribution in [0.4, 0.5) is 0 Å². The molecule has 0 aliphatic carbocycles. The second-order valence-electron chi connectivity index (χ2n) is 3.64. The summed E-state index contributed by atoms with van der Waals surface area (Å²) in [5.74, 6) is 2.31. The van der Waals surface area contributed by atoms with Gasteiger partial charge in [-0.2, -0.15) is 0 Å². The van der Waals surface area contributed by atoms with Gasteiger partial charge in [0.15, 0.2) is 0 Å². The molecule has 0 saturated heterocycles. The van der Waals surface area contributed by atoms with Crippen LogP contribution in [0.5, 0.6) is 0 Å². The predicted octanol–water partition coefficient (Wildman–Crippen LogP) is 1.92. The fourth-order valence-electron chi connectivity index (χ4n) is 1.51. The van der Waals surface area contributed by atoms with Gasteiger partial charge in [-0.25, -0.2) is 0 Å². The number of amides is 1. The molecular weight excluding hydrogens is 200 g/mol. The maximum absolute atomic E-state index is 11.8. The molecule has 0 fully saturated rings. The minimum absolute atomic E-state index is 0.151. The summed E-state index contributed by atoms with van der Waals surface area (Å²) in [6.45, 7) is 1.77. The molecule has 1 aromatic heterocycles. The molecule has 0 spiro atoms. The molecule has 1 atom stereocenters. The highest BCUT2D eigenvalue weighted by Gasteiger charge is 2.08. The zero-order valence-electron chi connectivity index (χ0n) is 8.95. The van der Waals surface area contributed by atoms with Crippen LogP contribution in [0.25, 0.3) is 10.9 Å². The molecule has 0 bridgehead atoms. The molecule has 16 heavy (non-hydrogen) atoms. The highest BCUT2D eigenvalue weighted by Crippen LogP contribution is 2.14. The van der Waals surface area contributed by atoms with Gasteiger partial charge in [-0.1, -0.05) is 12.0 Å². The monoisotopic (exact) mass is 212 g/mol. The van der Waals surface area contributed by atoms with Crippen molar-refractivity contribution in [1.82, 2.24) is 10.3 Å². The first-order valence-electron chi connectivity index (χ1n) is 5.05. The van der Waals surface area contributed by atoms with Gasteiger partial charge in [-0.3, -0.25) is 4.79 Å². The molecule has 0 aliphatic heterocycles. The summed E-state index contributed by atoms with van der Waals surface area (Å²) in [4.78, 5) is 14.8. The molecule has 0 saturated carbocycles. The van der Waals surface area contributed by atoms with Crippen LogP contribution in [0.3, 0.4) is 0 Å². The summed E-state index contributed by atoms with van der Waals surface area (Å²) >= 11 is 0. The lowest BCUT2D eigenvalue weighted by molar-refractivity contribution is 0.0948. The Bertz CT molecular complexity index is 563. The molecule has 0 aliphatic rings. The number of nitrogens with one attached hydrogen (secondary N) is 2. The van der Waals surface area contributed by atoms with Gasteiger partial charge >= 0.3 is 0 Å². The standard InChI is InChI=1S/C13H12N2O/c1-3-9(2)15-13(16)11-5-4-10-6-7-14-12(10)8-11/h1,4-9,14H,2H3,(H,15,16). The van der Waals surface area contributed by atoms with Gasteiger partial charge < -0.3 is 10.3 Å². The molecule has 1 aromatic carbocycles. The van der Waals surface area contributed by atoms with Crippen LogP contribution in [0.1, 0.15) is 17.3 Å². The van der Waals surface area contributed by atoms with Crippen molar-refractivity contribution in [3.8, 4) is 12.3 Å². The quantitative estimate of drug-likeness (QED) is 0.734. The molecule has 0 radical (unpaired) electrons. The van der Waals surface area contributed by atoms with Crippen molar-refractivity contribution in [1.29, 1.82) is 0 Å². The number of carbonyl (C=O) groups is 1. The Morgan fingerprint density at radius 2 is 2.31 bits per heavy atom. The minimum atomic E-state index is -0.258. The van der Waals surface area contributed by atoms with Gasteiger partial charge in [-0.15, -0.1) is 6.42 Å². The van der Waals surface area contributed by atoms with Crippen molar-refractivity contribution in [2.45, 2.75) is 13.0 Å². The largest absolute Gasteiger partial charge is 0.361 e. The third-order valence-electron chi connectivity index (χ3n) is 2.41. The van der Waals surface area contributed by atoms with Crippen molar-refractivity contribution in [3.63, 3.8) is 0 Å². The van der Waals surface area contributed by atoms with E-state index in [0.29, 0.717) is 5.56 Å². The van der Waals surface area contributed by atoms with Crippen LogP contribution in [-0.2, 0) is 0 Å². The smallest absolute Gasteiger partial charge is 0.252 e. The molecule has 1 unspecified atom stereocenters. The summed E-state index contributed by atoms with van der Waals surface area (Å²) < 4.78 is 0. The van der Waals surface area contributed by atoms with Crippen LogP contribution in [0, 0.1) is 12.3 Å². The second kappa shape index (κ2) is 4.11. The van der Waals surface area contributed by atoms with Gasteiger partial charge in [-0.05, 0) is 30.5 Å². The van der Waals surface area contributed by atoms with E-state index in [1.807, 2.05) is 24.4 Å². The van der Waals surface area contributed by atoms with Crippen molar-refractivity contribution in [2.24, 2.45) is 0 Å². The van der Waals surface area contributed by atoms with Crippen molar-refractivity contribution in [2.75, 3.05) is 0 Å². The van der Waals surface area contributed by atoms with Crippen molar-refractivity contribution >= 4 is 16.8 Å². The first-order valence-corrected chi connectivity index (χ1v) is 5.05. The molecule has 2 aromatic rings. The van der Waals surface area contributed by atoms with Crippen LogP contribution in [0.2, 0.25) is 0 Å². The lowest BCUT2D eigenvalue weighted by Crippen LogP contribution is -2.31. The lowest BCUT2D eigenvalue weighted by Gasteiger charge is -2.07. The summed E-state index contributed by atoms with van der Waals surface area (Å²) in [7, 11) is 0. The third-order valence-corrected chi connectivity index (χ3v) is 2.41. The predicted molar refractivity (Wildman–Crippen MR) is 64.1 cm³/mol. The Kier molecular flexibility index (Phi) is 2.65. The third kappa shape index (κ3) is 1.91. The number of hydrogen-bond donors (Lipinski definition) is 2. The van der Waals surface area contributed by atoms with E-state index < -0.39 is 0 Å². The highest BCUT2D eigenvalue weighted by molar-refractivity contribution is 5.98. The van der Waals surface area contributed by atoms with Crippen LogP contribution in [0.15, 0.2) is 30.5 Å². The van der Waals surface area contributed by atoms with E-state index in [9.17, 15) is 4.79 Å². The normalized spacial score (nSPS) is 12.0. The molecule has 1 heterocycles. The van der Waals surface area contributed by atoms with E-state index in [1.54, 1.807) is 13.0 Å². The van der Waals surface area contributed by atoms with E-state index in [1.165, 1.54) is 0 Å². The number of fused-ring (bicyclic) bond motifs is 1. The van der Waals surface area contributed by atoms with Gasteiger partial charge in [0.2, 0.25) is 0 Å². The second-order valence-corrected chi connectivity index (χ2v) is 3.64. The summed E-state index contributed by atoms with van der Waals surface area (Å²) in [5, 5.41) is 3.80. The van der Waals surface area contributed by atoms with E-state index in [-0.39, 0.29) is 11.9 Å². The first-order chi connectivity index (χ1) is 7.70. The molecule has 80 valence electrons. The van der Waals surface area contributed by atoms with Gasteiger partial charge in [0.05, 0.1) is 6.04 Å². The summed E-state index contributed by atoms with van der Waals surface area (Å²) in [6, 6.07) is 7.21. The topological polar surface area (TPSA) is 44.9 Å². The number of benzene rings is 1. The zero-order valence-corrected chi connectivity index (χ0v) is 8.95. The fourth-order valence-corrected chi connectivity index (χ4v) is 1.51. The van der Waals surface area contributed by atoms with Crippen LogP contribution >= 0.6 is 0 Å². The number of aromatic nitrogens is 1. The molecule has 3 heteroatoms. The van der Waals surface area contributed by atoms with Gasteiger partial charge in [0.1, 0.15) is 0 Å². The number of aromatic amines is 1. The average Bonchev–Trinajstić information content (AvgIpc) is 2.75. The van der Waals surface area contributed by atoms with E-state index in [2.05, 4.69) is 16.2 Å². The van der Waals surface area contributed by atoms with Crippen molar-refractivity contribution < 1.29 is 4.79 Å². The van der Waals surface area contributed by atoms with Crippen molar-refractivity contribution in [3.05, 3.63) is 36.0 Å². The van der Waals surface area contributed by atoms with E-state index in [4.69, 9.17) is 6.42 Å². The molecular formula is C13H12N2O. The minimum Gasteiger partial charge on any atom is -0.361 e. The Labute approximate surface area is 93.9 Å². The highest BCUT2D eigenvalue weighted by atomic mass is 16.1. The average molecular weight is 212 g/mol. The molecule has 2 rings (SSSR count). The Morgan fingerprint density at radius 1 is 1.50 bits per heavy atom. The van der Waals surface area contributed by atoms with Crippen LogP contribution < -0.4 is 5.32 Å². The SMILES string of the molecule is C#CC(C)NC(=O)c1ccc2cc[nH]c2c1. The first kappa shape index (κ1) is 10.3. The molecule has 3 nitrogen and oxygen atoms in total. The number of terminal acetylenes is 1. The number of hydrogen-bond acceptors (Lipinski definition) is 1. The lowest BCUT2D eigenvalue weighted by atomic mass is 10.1. The van der Waals surface area contributed by atoms with Gasteiger partial charge in [0.25, 0.3) is 5.91 Å². The van der Waals surface area contributed by atoms with E-state index in [0.717, 1.165) is 10.9 Å². The Hall–Kier alpha value is -2.21. The maximum Gasteiger partial charge on any atom is 0.252 e. The Balaban J connectivity index is 2.26. The summed E-state index contributed by atoms with van der Waals surface area (Å²) in [5.41, 5.74) is 1.55. The maximum atomic E-state index is 11.8. The Morgan fingerprint density at radius 3 is 3.06 bits per heavy atom. The van der Waals surface area contributed by atoms with E-state index >= 15 is 0 Å². The number of H-pyrrole nitrogens is 1. The number of rotatable bonds is 2. The molecule has 2 N–H and O–H groups in total. The zero-order chi connectivity index (χ0) is 11.5. The number of carbonyl (C=O) groups excluding carboxylic acids is 1. The summed E-state index contributed by atoms with van der Waals surface area (Å²) in [6.07, 6.45) is 7.05. The fraction of sp³-hybridized carbons (Fsp3) is 0.154. The van der Waals surface area contributed by atoms with Gasteiger partial charge in [0, 0.05) is 17.3 Å². The van der Waals surface area contributed by atoms with Crippen LogP contribution in [-0.4, -0.2) is 16.9 Å². The molecule has 1 amide bonds.